The first-order valence-corrected chi connectivity index (χ1v) is 6.41. The normalized spacial score (nSPS) is 11.7. The van der Waals surface area contributed by atoms with Crippen LogP contribution in [0, 0.1) is 0 Å². The molecule has 96 valence electrons. The third-order valence-electron chi connectivity index (χ3n) is 3.14. The van der Waals surface area contributed by atoms with Gasteiger partial charge in [0.15, 0.2) is 0 Å². The van der Waals surface area contributed by atoms with E-state index in [1.165, 1.54) is 0 Å². The Balaban J connectivity index is 2.17. The third kappa shape index (κ3) is 2.73. The number of amides is 1. The summed E-state index contributed by atoms with van der Waals surface area (Å²) in [6, 6.07) is 7.69. The van der Waals surface area contributed by atoms with E-state index in [0.29, 0.717) is 5.56 Å². The van der Waals surface area contributed by atoms with Gasteiger partial charge in [-0.05, 0) is 44.5 Å². The molecule has 3 nitrogen and oxygen atoms in total. The number of aromatic nitrogens is 1. The molecule has 0 spiro atoms. The van der Waals surface area contributed by atoms with E-state index < -0.39 is 0 Å². The number of benzene rings is 1. The summed E-state index contributed by atoms with van der Waals surface area (Å²) in [6.07, 6.45) is 3.92. The van der Waals surface area contributed by atoms with Crippen LogP contribution in [-0.2, 0) is 0 Å². The highest BCUT2D eigenvalue weighted by Crippen LogP contribution is 2.16. The Morgan fingerprint density at radius 2 is 2.11 bits per heavy atom. The van der Waals surface area contributed by atoms with Crippen LogP contribution in [0.3, 0.4) is 0 Å². The van der Waals surface area contributed by atoms with E-state index in [1.54, 1.807) is 0 Å². The average Bonchev–Trinajstić information content (AvgIpc) is 2.74. The van der Waals surface area contributed by atoms with Gasteiger partial charge >= 0.3 is 0 Å². The van der Waals surface area contributed by atoms with E-state index >= 15 is 0 Å². The molecule has 0 atom stereocenters. The summed E-state index contributed by atoms with van der Waals surface area (Å²) < 4.78 is 0. The maximum absolute atomic E-state index is 12.2. The van der Waals surface area contributed by atoms with Crippen molar-refractivity contribution in [3.63, 3.8) is 0 Å². The van der Waals surface area contributed by atoms with Crippen LogP contribution in [0.1, 0.15) is 44.0 Å². The predicted octanol–water partition coefficient (Wildman–Crippen LogP) is 3.48. The standard InChI is InChI=1S/C15H20N2O/c1-4-8-15(2,3)17-14(18)12-5-6-13-11(10-12)7-9-16-13/h5-7,9-10,16H,4,8H2,1-3H3,(H,17,18). The van der Waals surface area contributed by atoms with Crippen LogP contribution in [0.5, 0.6) is 0 Å². The van der Waals surface area contributed by atoms with Gasteiger partial charge in [-0.3, -0.25) is 4.79 Å². The molecule has 0 unspecified atom stereocenters. The number of carbonyl (C=O) groups is 1. The Morgan fingerprint density at radius 3 is 2.83 bits per heavy atom. The van der Waals surface area contributed by atoms with E-state index in [4.69, 9.17) is 0 Å². The summed E-state index contributed by atoms with van der Waals surface area (Å²) >= 11 is 0. The Labute approximate surface area is 108 Å². The first kappa shape index (κ1) is 12.7. The zero-order valence-corrected chi connectivity index (χ0v) is 11.2. The fourth-order valence-electron chi connectivity index (χ4n) is 2.26. The molecule has 2 aromatic rings. The predicted molar refractivity (Wildman–Crippen MR) is 74.8 cm³/mol. The second kappa shape index (κ2) is 4.84. The summed E-state index contributed by atoms with van der Waals surface area (Å²) in [5.41, 5.74) is 1.62. The minimum Gasteiger partial charge on any atom is -0.361 e. The number of hydrogen-bond donors (Lipinski definition) is 2. The smallest absolute Gasteiger partial charge is 0.251 e. The van der Waals surface area contributed by atoms with Crippen molar-refractivity contribution in [1.82, 2.24) is 10.3 Å². The molecule has 0 saturated heterocycles. The molecule has 0 fully saturated rings. The first-order chi connectivity index (χ1) is 8.52. The zero-order valence-electron chi connectivity index (χ0n) is 11.2. The minimum atomic E-state index is -0.154. The number of hydrogen-bond acceptors (Lipinski definition) is 1. The molecule has 3 heteroatoms. The van der Waals surface area contributed by atoms with E-state index in [0.717, 1.165) is 23.7 Å². The Morgan fingerprint density at radius 1 is 1.33 bits per heavy atom. The van der Waals surface area contributed by atoms with Crippen molar-refractivity contribution in [3.05, 3.63) is 36.0 Å². The van der Waals surface area contributed by atoms with Crippen molar-refractivity contribution in [2.75, 3.05) is 0 Å². The van der Waals surface area contributed by atoms with Gasteiger partial charge in [-0.25, -0.2) is 0 Å². The van der Waals surface area contributed by atoms with Gasteiger partial charge in [0.25, 0.3) is 5.91 Å². The van der Waals surface area contributed by atoms with Gasteiger partial charge in [0, 0.05) is 28.2 Å². The van der Waals surface area contributed by atoms with Crippen LogP contribution in [0.4, 0.5) is 0 Å². The molecule has 2 N–H and O–H groups in total. The molecule has 0 bridgehead atoms. The zero-order chi connectivity index (χ0) is 13.2. The molecule has 0 saturated carbocycles. The quantitative estimate of drug-likeness (QED) is 0.849. The minimum absolute atomic E-state index is 0.00319. The monoisotopic (exact) mass is 244 g/mol. The van der Waals surface area contributed by atoms with Crippen molar-refractivity contribution in [2.24, 2.45) is 0 Å². The second-order valence-electron chi connectivity index (χ2n) is 5.37. The van der Waals surface area contributed by atoms with Crippen molar-refractivity contribution in [2.45, 2.75) is 39.2 Å². The van der Waals surface area contributed by atoms with E-state index in [2.05, 4.69) is 31.1 Å². The highest BCUT2D eigenvalue weighted by atomic mass is 16.1. The van der Waals surface area contributed by atoms with Crippen LogP contribution in [0.15, 0.2) is 30.5 Å². The summed E-state index contributed by atoms with van der Waals surface area (Å²) in [5.74, 6) is -0.00319. The molecule has 2 rings (SSSR count). The molecule has 0 aliphatic rings. The maximum atomic E-state index is 12.2. The van der Waals surface area contributed by atoms with Crippen LogP contribution < -0.4 is 5.32 Å². The lowest BCUT2D eigenvalue weighted by atomic mass is 9.98. The fourth-order valence-corrected chi connectivity index (χ4v) is 2.26. The lowest BCUT2D eigenvalue weighted by molar-refractivity contribution is 0.0909. The summed E-state index contributed by atoms with van der Waals surface area (Å²) in [4.78, 5) is 15.3. The van der Waals surface area contributed by atoms with Gasteiger partial charge in [-0.1, -0.05) is 13.3 Å². The maximum Gasteiger partial charge on any atom is 0.251 e. The largest absolute Gasteiger partial charge is 0.361 e. The number of H-pyrrole nitrogens is 1. The van der Waals surface area contributed by atoms with Crippen LogP contribution in [-0.4, -0.2) is 16.4 Å². The average molecular weight is 244 g/mol. The van der Waals surface area contributed by atoms with Crippen LogP contribution >= 0.6 is 0 Å². The Bertz CT molecular complexity index is 554. The molecule has 0 aliphatic carbocycles. The molecule has 0 aliphatic heterocycles. The Hall–Kier alpha value is -1.77. The van der Waals surface area contributed by atoms with E-state index in [9.17, 15) is 4.79 Å². The highest BCUT2D eigenvalue weighted by molar-refractivity contribution is 5.98. The van der Waals surface area contributed by atoms with Crippen molar-refractivity contribution < 1.29 is 4.79 Å². The van der Waals surface area contributed by atoms with Gasteiger partial charge in [0.05, 0.1) is 0 Å². The molecule has 1 heterocycles. The summed E-state index contributed by atoms with van der Waals surface area (Å²) in [7, 11) is 0. The van der Waals surface area contributed by atoms with E-state index in [-0.39, 0.29) is 11.4 Å². The lowest BCUT2D eigenvalue weighted by Crippen LogP contribution is -2.43. The number of aromatic amines is 1. The SMILES string of the molecule is CCCC(C)(C)NC(=O)c1ccc2[nH]ccc2c1. The van der Waals surface area contributed by atoms with Gasteiger partial charge in [0.1, 0.15) is 0 Å². The molecular weight excluding hydrogens is 224 g/mol. The Kier molecular flexibility index (Phi) is 3.41. The van der Waals surface area contributed by atoms with Crippen molar-refractivity contribution in [1.29, 1.82) is 0 Å². The summed E-state index contributed by atoms with van der Waals surface area (Å²) in [6.45, 7) is 6.24. The summed E-state index contributed by atoms with van der Waals surface area (Å²) in [5, 5.41) is 4.15. The van der Waals surface area contributed by atoms with Crippen molar-refractivity contribution >= 4 is 16.8 Å². The van der Waals surface area contributed by atoms with Gasteiger partial charge < -0.3 is 10.3 Å². The van der Waals surface area contributed by atoms with Gasteiger partial charge in [-0.15, -0.1) is 0 Å². The van der Waals surface area contributed by atoms with Crippen LogP contribution in [0.25, 0.3) is 10.9 Å². The third-order valence-corrected chi connectivity index (χ3v) is 3.14. The molecule has 0 radical (unpaired) electrons. The number of nitrogens with one attached hydrogen (secondary N) is 2. The van der Waals surface area contributed by atoms with Gasteiger partial charge in [-0.2, -0.15) is 0 Å². The topological polar surface area (TPSA) is 44.9 Å². The molecule has 1 aromatic heterocycles. The number of carbonyl (C=O) groups excluding carboxylic acids is 1. The molecule has 1 aromatic carbocycles. The molecule has 18 heavy (non-hydrogen) atoms. The van der Waals surface area contributed by atoms with Crippen LogP contribution in [0.2, 0.25) is 0 Å². The second-order valence-corrected chi connectivity index (χ2v) is 5.37. The molecular formula is C15H20N2O. The highest BCUT2D eigenvalue weighted by Gasteiger charge is 2.20. The molecule has 1 amide bonds. The number of rotatable bonds is 4. The lowest BCUT2D eigenvalue weighted by Gasteiger charge is -2.25. The first-order valence-electron chi connectivity index (χ1n) is 6.41. The van der Waals surface area contributed by atoms with E-state index in [1.807, 2.05) is 30.5 Å². The fraction of sp³-hybridized carbons (Fsp3) is 0.400. The van der Waals surface area contributed by atoms with Gasteiger partial charge in [0.2, 0.25) is 0 Å². The van der Waals surface area contributed by atoms with Crippen molar-refractivity contribution in [3.8, 4) is 0 Å². The number of fused-ring (bicyclic) bond motifs is 1.